The van der Waals surface area contributed by atoms with Crippen LogP contribution in [0.25, 0.3) is 11.1 Å². The van der Waals surface area contributed by atoms with Crippen LogP contribution in [0, 0.1) is 10.1 Å². The smallest absolute Gasteiger partial charge is 0.338 e. The number of benzene rings is 2. The van der Waals surface area contributed by atoms with Crippen LogP contribution in [0.15, 0.2) is 60.7 Å². The standard InChI is InChI=1S/C16H16ClN3O7S.C6H4/c1-9(2)14(15(23)27-12-6-4-11(5-7-12)20(24)25)19-13(22)8-16(19,28(17)26)18-10(3)21;1-2-5-4-6(5)3-1/h4-7,14H,1,8H2,2-3H3,(H,18,21);1-4H. The fourth-order valence-electron chi connectivity index (χ4n) is 3.40. The fraction of sp³-hybridized carbons (Fsp3) is 0.227. The Kier molecular flexibility index (Phi) is 7.29. The lowest BCUT2D eigenvalue weighted by Gasteiger charge is -2.50. The quantitative estimate of drug-likeness (QED) is 0.0988. The van der Waals surface area contributed by atoms with Gasteiger partial charge in [0.25, 0.3) is 5.69 Å². The lowest BCUT2D eigenvalue weighted by atomic mass is 9.99. The molecule has 1 aliphatic heterocycles. The van der Waals surface area contributed by atoms with Crippen LogP contribution in [-0.2, 0) is 24.8 Å². The Morgan fingerprint density at radius 2 is 1.82 bits per heavy atom. The molecule has 3 unspecified atom stereocenters. The number of hydrogen-bond acceptors (Lipinski definition) is 7. The molecule has 178 valence electrons. The first-order chi connectivity index (χ1) is 16.0. The lowest BCUT2D eigenvalue weighted by Crippen LogP contribution is -2.77. The van der Waals surface area contributed by atoms with Crippen LogP contribution in [0.4, 0.5) is 5.69 Å². The summed E-state index contributed by atoms with van der Waals surface area (Å²) in [5.74, 6) is -2.15. The second-order valence-electron chi connectivity index (χ2n) is 7.63. The van der Waals surface area contributed by atoms with E-state index in [4.69, 9.17) is 15.4 Å². The molecule has 0 aromatic heterocycles. The van der Waals surface area contributed by atoms with Gasteiger partial charge in [0.1, 0.15) is 22.6 Å². The van der Waals surface area contributed by atoms with Crippen LogP contribution in [0.3, 0.4) is 0 Å². The zero-order valence-electron chi connectivity index (χ0n) is 18.1. The van der Waals surface area contributed by atoms with Crippen molar-refractivity contribution in [1.82, 2.24) is 10.2 Å². The first-order valence-electron chi connectivity index (χ1n) is 9.87. The first kappa shape index (κ1) is 25.2. The predicted molar refractivity (Wildman–Crippen MR) is 125 cm³/mol. The van der Waals surface area contributed by atoms with E-state index < -0.39 is 44.1 Å². The Labute approximate surface area is 202 Å². The Balaban J connectivity index is 0.000000457. The van der Waals surface area contributed by atoms with E-state index in [2.05, 4.69) is 36.2 Å². The molecule has 0 spiro atoms. The predicted octanol–water partition coefficient (Wildman–Crippen LogP) is 3.04. The van der Waals surface area contributed by atoms with Gasteiger partial charge in [0.15, 0.2) is 16.7 Å². The van der Waals surface area contributed by atoms with Gasteiger partial charge in [-0.2, -0.15) is 0 Å². The number of carbonyl (C=O) groups excluding carboxylic acids is 3. The minimum absolute atomic E-state index is 0.00746. The molecule has 0 radical (unpaired) electrons. The van der Waals surface area contributed by atoms with Gasteiger partial charge in [-0.3, -0.25) is 29.9 Å². The summed E-state index contributed by atoms with van der Waals surface area (Å²) in [6, 6.07) is 11.8. The number of nitro groups is 1. The molecule has 1 fully saturated rings. The Hall–Kier alpha value is -3.41. The maximum Gasteiger partial charge on any atom is 0.338 e. The van der Waals surface area contributed by atoms with E-state index in [1.807, 2.05) is 0 Å². The molecule has 0 saturated carbocycles. The lowest BCUT2D eigenvalue weighted by molar-refractivity contribution is -0.384. The van der Waals surface area contributed by atoms with Crippen molar-refractivity contribution in [2.45, 2.75) is 31.3 Å². The van der Waals surface area contributed by atoms with E-state index in [9.17, 15) is 29.1 Å². The fourth-order valence-corrected chi connectivity index (χ4v) is 4.73. The Bertz CT molecular complexity index is 1150. The second-order valence-corrected chi connectivity index (χ2v) is 9.59. The highest BCUT2D eigenvalue weighted by molar-refractivity contribution is 8.14. The Morgan fingerprint density at radius 3 is 2.18 bits per heavy atom. The molecule has 1 heterocycles. The number of fused-ring (bicyclic) bond motifs is 1. The highest BCUT2D eigenvalue weighted by atomic mass is 35.7. The number of hydrogen-bond donors (Lipinski definition) is 1. The molecule has 1 aromatic carbocycles. The number of nitro benzene ring substituents is 1. The highest BCUT2D eigenvalue weighted by Gasteiger charge is 2.65. The molecule has 3 atom stereocenters. The summed E-state index contributed by atoms with van der Waals surface area (Å²) >= 11 is 0. The van der Waals surface area contributed by atoms with E-state index in [0.29, 0.717) is 0 Å². The molecule has 12 heteroatoms. The first-order valence-corrected chi connectivity index (χ1v) is 11.8. The summed E-state index contributed by atoms with van der Waals surface area (Å²) in [5.41, 5.74) is 2.83. The van der Waals surface area contributed by atoms with Gasteiger partial charge in [0.2, 0.25) is 11.8 Å². The SMILES string of the molecule is C=C(C)C(C(=O)Oc1ccc([N+](=O)[O-])cc1)N1C(=O)CC1(NC(C)=O)[S+]([O-])Cl.c1cc2cc-2c1. The summed E-state index contributed by atoms with van der Waals surface area (Å²) in [6.45, 7) is 6.26. The maximum absolute atomic E-state index is 12.7. The van der Waals surface area contributed by atoms with Gasteiger partial charge in [-0.05, 0) is 41.8 Å². The summed E-state index contributed by atoms with van der Waals surface area (Å²) in [6.07, 6.45) is -0.364. The third kappa shape index (κ3) is 5.22. The third-order valence-corrected chi connectivity index (χ3v) is 6.75. The minimum Gasteiger partial charge on any atom is -0.596 e. The number of amides is 2. The zero-order valence-corrected chi connectivity index (χ0v) is 19.7. The highest BCUT2D eigenvalue weighted by Crippen LogP contribution is 2.40. The number of rotatable bonds is 7. The second kappa shape index (κ2) is 9.84. The molecule has 4 rings (SSSR count). The van der Waals surface area contributed by atoms with E-state index in [0.717, 1.165) is 24.0 Å². The van der Waals surface area contributed by atoms with Gasteiger partial charge in [0, 0.05) is 19.1 Å². The Morgan fingerprint density at radius 1 is 1.24 bits per heavy atom. The molecule has 1 N–H and O–H groups in total. The summed E-state index contributed by atoms with van der Waals surface area (Å²) in [4.78, 5) is 45.6. The van der Waals surface area contributed by atoms with Crippen molar-refractivity contribution >= 4 is 44.5 Å². The van der Waals surface area contributed by atoms with Gasteiger partial charge in [-0.25, -0.2) is 4.79 Å². The summed E-state index contributed by atoms with van der Waals surface area (Å²) < 4.78 is 17.3. The van der Waals surface area contributed by atoms with Gasteiger partial charge < -0.3 is 9.29 Å². The molecule has 1 aromatic rings. The van der Waals surface area contributed by atoms with Gasteiger partial charge in [-0.15, -0.1) is 0 Å². The van der Waals surface area contributed by atoms with Crippen molar-refractivity contribution in [2.75, 3.05) is 0 Å². The summed E-state index contributed by atoms with van der Waals surface area (Å²) in [5, 5.41) is 13.1. The number of nitrogens with zero attached hydrogens (tertiary/aromatic N) is 2. The topological polar surface area (TPSA) is 142 Å². The number of β-lactam (4-membered cyclic amide) rings is 1. The van der Waals surface area contributed by atoms with Gasteiger partial charge in [-0.1, -0.05) is 24.8 Å². The number of likely N-dealkylation sites (tertiary alicyclic amines) is 1. The number of ether oxygens (including phenoxy) is 1. The summed E-state index contributed by atoms with van der Waals surface area (Å²) in [7, 11) is 3.48. The van der Waals surface area contributed by atoms with Crippen molar-refractivity contribution in [3.63, 3.8) is 0 Å². The molecule has 34 heavy (non-hydrogen) atoms. The number of halogens is 1. The normalized spacial score (nSPS) is 18.9. The molecule has 0 bridgehead atoms. The molecular formula is C22H20ClN3O7S. The van der Waals surface area contributed by atoms with E-state index >= 15 is 0 Å². The monoisotopic (exact) mass is 505 g/mol. The van der Waals surface area contributed by atoms with Crippen LogP contribution >= 0.6 is 10.7 Å². The van der Waals surface area contributed by atoms with Crippen LogP contribution < -0.4 is 10.1 Å². The molecule has 10 nitrogen and oxygen atoms in total. The molecular weight excluding hydrogens is 486 g/mol. The molecule has 2 amide bonds. The van der Waals surface area contributed by atoms with Gasteiger partial charge in [0.05, 0.1) is 4.92 Å². The largest absolute Gasteiger partial charge is 0.596 e. The van der Waals surface area contributed by atoms with Crippen LogP contribution in [0.2, 0.25) is 0 Å². The third-order valence-electron chi connectivity index (χ3n) is 5.01. The van der Waals surface area contributed by atoms with Crippen molar-refractivity contribution in [3.8, 4) is 16.9 Å². The molecule has 3 aliphatic rings. The average molecular weight is 506 g/mol. The van der Waals surface area contributed by atoms with Crippen LogP contribution in [0.5, 0.6) is 5.75 Å². The zero-order chi connectivity index (χ0) is 25.2. The van der Waals surface area contributed by atoms with Crippen molar-refractivity contribution in [1.29, 1.82) is 0 Å². The molecule has 1 saturated heterocycles. The number of esters is 1. The van der Waals surface area contributed by atoms with Crippen molar-refractivity contribution < 1.29 is 28.6 Å². The van der Waals surface area contributed by atoms with Crippen LogP contribution in [0.1, 0.15) is 20.3 Å². The van der Waals surface area contributed by atoms with Crippen LogP contribution in [-0.4, -0.2) is 43.2 Å². The van der Waals surface area contributed by atoms with Gasteiger partial charge >= 0.3 is 11.0 Å². The number of carbonyl (C=O) groups is 3. The van der Waals surface area contributed by atoms with E-state index in [-0.39, 0.29) is 23.4 Å². The van der Waals surface area contributed by atoms with Crippen molar-refractivity contribution in [3.05, 3.63) is 70.8 Å². The number of non-ortho nitro benzene ring substituents is 1. The average Bonchev–Trinajstić information content (AvgIpc) is 3.35. The minimum atomic E-state index is -2.24. The molecule has 2 aliphatic carbocycles. The van der Waals surface area contributed by atoms with Crippen molar-refractivity contribution in [2.24, 2.45) is 0 Å². The maximum atomic E-state index is 12.7. The van der Waals surface area contributed by atoms with E-state index in [1.165, 1.54) is 30.2 Å². The van der Waals surface area contributed by atoms with E-state index in [1.54, 1.807) is 0 Å². The number of nitrogens with one attached hydrogen (secondary N) is 1.